The van der Waals surface area contributed by atoms with Gasteiger partial charge in [0.25, 0.3) is 5.91 Å². The van der Waals surface area contributed by atoms with Gasteiger partial charge in [-0.15, -0.1) is 0 Å². The SMILES string of the molecule is CSCC(C)N(C(=O)c1c(Cl)cccc1C(N)=O)c1ccc(Cn2cc(C(F)(F)C(F)(F)F)c(C(F)(F)C(F)(F)F)n2)cc1C. The van der Waals surface area contributed by atoms with Crippen LogP contribution in [0, 0.1) is 6.92 Å². The maximum Gasteiger partial charge on any atom is 0.459 e. The molecule has 45 heavy (non-hydrogen) atoms. The number of hydrogen-bond donors (Lipinski definition) is 1. The van der Waals surface area contributed by atoms with Crippen LogP contribution in [0.15, 0.2) is 42.6 Å². The number of carbonyl (C=O) groups is 2. The van der Waals surface area contributed by atoms with Crippen LogP contribution in [0.4, 0.5) is 49.6 Å². The molecule has 0 radical (unpaired) electrons. The van der Waals surface area contributed by atoms with Crippen LogP contribution in [0.5, 0.6) is 0 Å². The van der Waals surface area contributed by atoms with Crippen molar-refractivity contribution in [1.82, 2.24) is 9.78 Å². The summed E-state index contributed by atoms with van der Waals surface area (Å²) in [5.41, 5.74) is 0.169. The van der Waals surface area contributed by atoms with E-state index in [-0.39, 0.29) is 43.8 Å². The fourth-order valence-corrected chi connectivity index (χ4v) is 5.34. The van der Waals surface area contributed by atoms with Gasteiger partial charge in [0.2, 0.25) is 5.91 Å². The van der Waals surface area contributed by atoms with Crippen molar-refractivity contribution in [1.29, 1.82) is 0 Å². The number of aromatic nitrogens is 2. The van der Waals surface area contributed by atoms with Crippen LogP contribution >= 0.6 is 23.4 Å². The third-order valence-corrected chi connectivity index (χ3v) is 7.67. The molecule has 2 aromatic carbocycles. The van der Waals surface area contributed by atoms with Gasteiger partial charge in [-0.2, -0.15) is 60.8 Å². The predicted molar refractivity (Wildman–Crippen MR) is 147 cm³/mol. The first-order chi connectivity index (χ1) is 20.6. The van der Waals surface area contributed by atoms with Gasteiger partial charge >= 0.3 is 24.2 Å². The summed E-state index contributed by atoms with van der Waals surface area (Å²) >= 11 is 7.62. The third kappa shape index (κ3) is 7.03. The molecule has 1 aromatic heterocycles. The van der Waals surface area contributed by atoms with Crippen LogP contribution in [-0.2, 0) is 18.4 Å². The van der Waals surface area contributed by atoms with Crippen LogP contribution in [0.25, 0.3) is 0 Å². The molecular formula is C27H23ClF10N4O2S. The molecule has 0 bridgehead atoms. The maximum atomic E-state index is 14.1. The Bertz CT molecular complexity index is 1550. The second-order valence-electron chi connectivity index (χ2n) is 9.86. The minimum Gasteiger partial charge on any atom is -0.366 e. The van der Waals surface area contributed by atoms with Gasteiger partial charge in [0.15, 0.2) is 5.69 Å². The van der Waals surface area contributed by atoms with Crippen LogP contribution in [0.3, 0.4) is 0 Å². The summed E-state index contributed by atoms with van der Waals surface area (Å²) in [5, 5.41) is 2.73. The maximum absolute atomic E-state index is 14.1. The van der Waals surface area contributed by atoms with E-state index in [2.05, 4.69) is 5.10 Å². The first kappa shape index (κ1) is 36.0. The van der Waals surface area contributed by atoms with Crippen molar-refractivity contribution in [3.8, 4) is 0 Å². The number of halogens is 11. The normalized spacial score (nSPS) is 13.6. The van der Waals surface area contributed by atoms with Crippen LogP contribution in [0.2, 0.25) is 5.02 Å². The highest BCUT2D eigenvalue weighted by atomic mass is 35.5. The molecule has 0 aliphatic heterocycles. The fourth-order valence-electron chi connectivity index (χ4n) is 4.45. The van der Waals surface area contributed by atoms with Crippen molar-refractivity contribution in [2.45, 2.75) is 50.6 Å². The lowest BCUT2D eigenvalue weighted by Crippen LogP contribution is -2.41. The molecule has 0 spiro atoms. The number of alkyl halides is 10. The van der Waals surface area contributed by atoms with Gasteiger partial charge in [-0.1, -0.05) is 29.8 Å². The Labute approximate surface area is 258 Å². The first-order valence-corrected chi connectivity index (χ1v) is 14.3. The Morgan fingerprint density at radius 3 is 2.11 bits per heavy atom. The molecule has 1 atom stereocenters. The lowest BCUT2D eigenvalue weighted by Gasteiger charge is -2.31. The number of aryl methyl sites for hydroxylation is 1. The topological polar surface area (TPSA) is 81.2 Å². The molecule has 0 fully saturated rings. The van der Waals surface area contributed by atoms with E-state index in [4.69, 9.17) is 17.3 Å². The van der Waals surface area contributed by atoms with E-state index in [1.54, 1.807) is 13.2 Å². The average Bonchev–Trinajstić information content (AvgIpc) is 3.34. The molecule has 6 nitrogen and oxygen atoms in total. The Kier molecular flexibility index (Phi) is 10.2. The summed E-state index contributed by atoms with van der Waals surface area (Å²) in [6, 6.07) is 7.41. The highest BCUT2D eigenvalue weighted by Gasteiger charge is 2.67. The highest BCUT2D eigenvalue weighted by Crippen LogP contribution is 2.51. The summed E-state index contributed by atoms with van der Waals surface area (Å²) in [7, 11) is 0. The highest BCUT2D eigenvalue weighted by molar-refractivity contribution is 7.98. The first-order valence-electron chi connectivity index (χ1n) is 12.5. The van der Waals surface area contributed by atoms with Crippen molar-refractivity contribution >= 4 is 40.9 Å². The summed E-state index contributed by atoms with van der Waals surface area (Å²) < 4.78 is 135. The molecule has 246 valence electrons. The van der Waals surface area contributed by atoms with Crippen LogP contribution in [0.1, 0.15) is 50.0 Å². The summed E-state index contributed by atoms with van der Waals surface area (Å²) in [6.45, 7) is 2.35. The van der Waals surface area contributed by atoms with Gasteiger partial charge in [0, 0.05) is 23.7 Å². The van der Waals surface area contributed by atoms with E-state index in [1.165, 1.54) is 60.0 Å². The standard InChI is InChI=1S/C27H23ClF10N4O2S/c1-13-9-15(10-41-11-17(24(29,30)26(33,34)35)21(40-41)25(31,32)27(36,37)38)7-8-19(13)42(14(2)12-45-3)23(44)20-16(22(39)43)5-4-6-18(20)28/h4-9,11,14H,10,12H2,1-3H3,(H2,39,43). The van der Waals surface area contributed by atoms with Crippen LogP contribution in [-0.4, -0.2) is 52.0 Å². The lowest BCUT2D eigenvalue weighted by molar-refractivity contribution is -0.302. The molecule has 0 aliphatic carbocycles. The second kappa shape index (κ2) is 12.7. The zero-order valence-electron chi connectivity index (χ0n) is 23.3. The Hall–Kier alpha value is -3.47. The number of nitrogens with two attached hydrogens (primary N) is 1. The van der Waals surface area contributed by atoms with Crippen LogP contribution < -0.4 is 10.6 Å². The van der Waals surface area contributed by atoms with Gasteiger partial charge in [0.1, 0.15) is 0 Å². The monoisotopic (exact) mass is 692 g/mol. The number of carbonyl (C=O) groups excluding carboxylic acids is 2. The number of thioether (sulfide) groups is 1. The van der Waals surface area contributed by atoms with Gasteiger partial charge < -0.3 is 10.6 Å². The number of hydrogen-bond acceptors (Lipinski definition) is 4. The number of anilines is 1. The van der Waals surface area contributed by atoms with E-state index in [1.807, 2.05) is 0 Å². The molecular weight excluding hydrogens is 670 g/mol. The van der Waals surface area contributed by atoms with Crippen molar-refractivity contribution in [2.75, 3.05) is 16.9 Å². The number of benzene rings is 2. The minimum atomic E-state index is -6.53. The van der Waals surface area contributed by atoms with E-state index < -0.39 is 59.9 Å². The fraction of sp³-hybridized carbons (Fsp3) is 0.370. The Morgan fingerprint density at radius 2 is 1.60 bits per heavy atom. The predicted octanol–water partition coefficient (Wildman–Crippen LogP) is 7.70. The van der Waals surface area contributed by atoms with E-state index >= 15 is 0 Å². The second-order valence-corrected chi connectivity index (χ2v) is 11.2. The average molecular weight is 693 g/mol. The number of primary amides is 1. The molecule has 18 heteroatoms. The molecule has 2 amide bonds. The van der Waals surface area contributed by atoms with E-state index in [0.717, 1.165) is 0 Å². The minimum absolute atomic E-state index is 0.0305. The zero-order valence-corrected chi connectivity index (χ0v) is 24.9. The van der Waals surface area contributed by atoms with Gasteiger partial charge in [0.05, 0.1) is 28.3 Å². The quantitative estimate of drug-likeness (QED) is 0.221. The summed E-state index contributed by atoms with van der Waals surface area (Å²) in [6.07, 6.45) is -11.5. The molecule has 2 N–H and O–H groups in total. The summed E-state index contributed by atoms with van der Waals surface area (Å²) in [4.78, 5) is 27.1. The van der Waals surface area contributed by atoms with Crippen molar-refractivity contribution in [2.24, 2.45) is 5.73 Å². The van der Waals surface area contributed by atoms with Crippen molar-refractivity contribution in [3.63, 3.8) is 0 Å². The number of amides is 2. The van der Waals surface area contributed by atoms with Gasteiger partial charge in [-0.25, -0.2) is 0 Å². The van der Waals surface area contributed by atoms with Gasteiger partial charge in [-0.05, 0) is 49.4 Å². The molecule has 3 aromatic rings. The van der Waals surface area contributed by atoms with E-state index in [9.17, 15) is 53.5 Å². The van der Waals surface area contributed by atoms with Gasteiger partial charge in [-0.3, -0.25) is 14.3 Å². The molecule has 0 saturated heterocycles. The smallest absolute Gasteiger partial charge is 0.366 e. The lowest BCUT2D eigenvalue weighted by atomic mass is 10.0. The molecule has 1 heterocycles. The molecule has 3 rings (SSSR count). The van der Waals surface area contributed by atoms with Crippen molar-refractivity contribution < 1.29 is 53.5 Å². The summed E-state index contributed by atoms with van der Waals surface area (Å²) in [5.74, 6) is -13.5. The largest absolute Gasteiger partial charge is 0.459 e. The molecule has 0 aliphatic rings. The zero-order chi connectivity index (χ0) is 34.3. The van der Waals surface area contributed by atoms with E-state index in [0.29, 0.717) is 5.75 Å². The number of nitrogens with zero attached hydrogens (tertiary/aromatic N) is 3. The molecule has 1 unspecified atom stereocenters. The Balaban J connectivity index is 2.11. The third-order valence-electron chi connectivity index (χ3n) is 6.54. The molecule has 0 saturated carbocycles. The Morgan fingerprint density at radius 1 is 1.00 bits per heavy atom. The number of rotatable bonds is 10. The van der Waals surface area contributed by atoms with Crippen molar-refractivity contribution in [3.05, 3.63) is 81.1 Å².